The van der Waals surface area contributed by atoms with Crippen molar-refractivity contribution in [2.45, 2.75) is 11.7 Å². The molecule has 1 amide bonds. The molecular formula is C13H12FN3O3S. The number of nitrogens with zero attached hydrogens (tertiary/aromatic N) is 3. The average molecular weight is 309 g/mol. The predicted octanol–water partition coefficient (Wildman–Crippen LogP) is 1.28. The topological polar surface area (TPSA) is 72.3 Å². The van der Waals surface area contributed by atoms with Crippen LogP contribution in [0.1, 0.15) is 6.42 Å². The van der Waals surface area contributed by atoms with E-state index in [4.69, 9.17) is 0 Å². The van der Waals surface area contributed by atoms with E-state index in [1.165, 1.54) is 4.90 Å². The van der Waals surface area contributed by atoms with Crippen molar-refractivity contribution in [2.24, 2.45) is 0 Å². The van der Waals surface area contributed by atoms with Crippen LogP contribution in [0.3, 0.4) is 0 Å². The summed E-state index contributed by atoms with van der Waals surface area (Å²) in [7, 11) is -4.69. The van der Waals surface area contributed by atoms with Crippen molar-refractivity contribution in [2.75, 3.05) is 11.4 Å². The van der Waals surface area contributed by atoms with Crippen molar-refractivity contribution in [1.82, 2.24) is 9.55 Å². The number of imidazole rings is 1. The molecule has 0 spiro atoms. The average Bonchev–Trinajstić information content (AvgIpc) is 3.07. The number of amides is 1. The fraction of sp³-hybridized carbons (Fsp3) is 0.231. The number of hydrogen-bond acceptors (Lipinski definition) is 4. The molecule has 2 heterocycles. The summed E-state index contributed by atoms with van der Waals surface area (Å²) in [6.07, 6.45) is 4.75. The first kappa shape index (κ1) is 13.7. The van der Waals surface area contributed by atoms with Crippen LogP contribution >= 0.6 is 0 Å². The third kappa shape index (κ3) is 2.66. The van der Waals surface area contributed by atoms with Crippen LogP contribution in [0, 0.1) is 0 Å². The van der Waals surface area contributed by atoms with E-state index >= 15 is 0 Å². The molecule has 0 N–H and O–H groups in total. The van der Waals surface area contributed by atoms with E-state index in [2.05, 4.69) is 4.98 Å². The Balaban J connectivity index is 1.83. The Morgan fingerprint density at radius 1 is 1.19 bits per heavy atom. The van der Waals surface area contributed by atoms with Gasteiger partial charge in [0.15, 0.2) is 0 Å². The van der Waals surface area contributed by atoms with Crippen LogP contribution in [0.4, 0.5) is 9.57 Å². The first-order valence-electron chi connectivity index (χ1n) is 6.27. The Hall–Kier alpha value is -2.22. The normalized spacial score (nSPS) is 19.2. The Morgan fingerprint density at radius 2 is 1.86 bits per heavy atom. The second-order valence-electron chi connectivity index (χ2n) is 4.79. The lowest BCUT2D eigenvalue weighted by atomic mass is 10.2. The molecular weight excluding hydrogens is 297 g/mol. The summed E-state index contributed by atoms with van der Waals surface area (Å²) in [6, 6.07) is 6.95. The van der Waals surface area contributed by atoms with Crippen molar-refractivity contribution in [1.29, 1.82) is 0 Å². The Labute approximate surface area is 121 Å². The van der Waals surface area contributed by atoms with Gasteiger partial charge in [0, 0.05) is 36.7 Å². The Kier molecular flexibility index (Phi) is 3.25. The summed E-state index contributed by atoms with van der Waals surface area (Å²) in [4.78, 5) is 17.1. The van der Waals surface area contributed by atoms with Crippen molar-refractivity contribution >= 4 is 21.8 Å². The van der Waals surface area contributed by atoms with Gasteiger partial charge in [-0.15, -0.1) is 3.89 Å². The maximum absolute atomic E-state index is 13.0. The van der Waals surface area contributed by atoms with E-state index in [9.17, 15) is 17.1 Å². The summed E-state index contributed by atoms with van der Waals surface area (Å²) in [5, 5.41) is -1.28. The van der Waals surface area contributed by atoms with E-state index in [0.29, 0.717) is 5.69 Å². The van der Waals surface area contributed by atoms with Crippen molar-refractivity contribution in [3.8, 4) is 5.69 Å². The van der Waals surface area contributed by atoms with Crippen LogP contribution in [0.25, 0.3) is 5.69 Å². The molecule has 1 atom stereocenters. The summed E-state index contributed by atoms with van der Waals surface area (Å²) in [5.74, 6) is -0.392. The zero-order valence-electron chi connectivity index (χ0n) is 10.9. The van der Waals surface area contributed by atoms with Crippen molar-refractivity contribution in [3.05, 3.63) is 43.0 Å². The fourth-order valence-electron chi connectivity index (χ4n) is 2.33. The zero-order chi connectivity index (χ0) is 15.0. The largest absolute Gasteiger partial charge is 0.311 e. The standard InChI is InChI=1S/C13H12FN3O3S/c14-21(19,20)12-7-13(18)17(8-12)11-3-1-10(2-4-11)16-6-5-15-9-16/h1-6,9,12H,7-8H2. The number of hydrogen-bond donors (Lipinski definition) is 0. The van der Waals surface area contributed by atoms with Crippen LogP contribution in [0.2, 0.25) is 0 Å². The van der Waals surface area contributed by atoms with Crippen molar-refractivity contribution in [3.63, 3.8) is 0 Å². The monoisotopic (exact) mass is 309 g/mol. The molecule has 0 radical (unpaired) electrons. The number of anilines is 1. The summed E-state index contributed by atoms with van der Waals surface area (Å²) in [6.45, 7) is -0.151. The molecule has 2 aromatic rings. The highest BCUT2D eigenvalue weighted by molar-refractivity contribution is 7.87. The smallest absolute Gasteiger partial charge is 0.307 e. The number of halogens is 1. The molecule has 1 aliphatic heterocycles. The van der Waals surface area contributed by atoms with Gasteiger partial charge in [0.05, 0.1) is 6.33 Å². The molecule has 1 unspecified atom stereocenters. The molecule has 8 heteroatoms. The summed E-state index contributed by atoms with van der Waals surface area (Å²) in [5.41, 5.74) is 1.41. The number of carbonyl (C=O) groups excluding carboxylic acids is 1. The molecule has 3 rings (SSSR count). The van der Waals surface area contributed by atoms with Gasteiger partial charge in [0.1, 0.15) is 5.25 Å². The molecule has 21 heavy (non-hydrogen) atoms. The second kappa shape index (κ2) is 4.96. The van der Waals surface area contributed by atoms with Crippen LogP contribution in [-0.2, 0) is 15.0 Å². The molecule has 110 valence electrons. The Morgan fingerprint density at radius 3 is 2.38 bits per heavy atom. The van der Waals surface area contributed by atoms with Crippen molar-refractivity contribution < 1.29 is 17.1 Å². The highest BCUT2D eigenvalue weighted by Gasteiger charge is 2.38. The van der Waals surface area contributed by atoms with Gasteiger partial charge in [-0.05, 0) is 24.3 Å². The first-order valence-corrected chi connectivity index (χ1v) is 7.72. The molecule has 1 fully saturated rings. The zero-order valence-corrected chi connectivity index (χ0v) is 11.7. The molecule has 1 aliphatic rings. The van der Waals surface area contributed by atoms with E-state index < -0.39 is 21.4 Å². The highest BCUT2D eigenvalue weighted by Crippen LogP contribution is 2.26. The third-order valence-electron chi connectivity index (χ3n) is 3.45. The van der Waals surface area contributed by atoms with Gasteiger partial charge in [-0.25, -0.2) is 4.98 Å². The summed E-state index contributed by atoms with van der Waals surface area (Å²) < 4.78 is 36.6. The highest BCUT2D eigenvalue weighted by atomic mass is 32.3. The van der Waals surface area contributed by atoms with Gasteiger partial charge < -0.3 is 9.47 Å². The van der Waals surface area contributed by atoms with E-state index in [1.54, 1.807) is 47.6 Å². The fourth-order valence-corrected chi connectivity index (χ4v) is 3.00. The van der Waals surface area contributed by atoms with Gasteiger partial charge in [-0.3, -0.25) is 4.79 Å². The van der Waals surface area contributed by atoms with Gasteiger partial charge in [0.2, 0.25) is 5.91 Å². The van der Waals surface area contributed by atoms with Crippen LogP contribution in [0.5, 0.6) is 0 Å². The minimum absolute atomic E-state index is 0.151. The van der Waals surface area contributed by atoms with Crippen LogP contribution in [0.15, 0.2) is 43.0 Å². The van der Waals surface area contributed by atoms with E-state index in [0.717, 1.165) is 5.69 Å². The second-order valence-corrected chi connectivity index (χ2v) is 6.41. The number of benzene rings is 1. The molecule has 1 aromatic carbocycles. The third-order valence-corrected chi connectivity index (χ3v) is 4.56. The number of aromatic nitrogens is 2. The molecule has 1 aromatic heterocycles. The van der Waals surface area contributed by atoms with Crippen LogP contribution in [-0.4, -0.2) is 35.7 Å². The molecule has 0 bridgehead atoms. The molecule has 6 nitrogen and oxygen atoms in total. The minimum Gasteiger partial charge on any atom is -0.311 e. The summed E-state index contributed by atoms with van der Waals surface area (Å²) >= 11 is 0. The van der Waals surface area contributed by atoms with E-state index in [-0.39, 0.29) is 13.0 Å². The lowest BCUT2D eigenvalue weighted by Crippen LogP contribution is -2.26. The first-order chi connectivity index (χ1) is 9.95. The Bertz CT molecular complexity index is 756. The predicted molar refractivity (Wildman–Crippen MR) is 74.3 cm³/mol. The quantitative estimate of drug-likeness (QED) is 0.801. The number of rotatable bonds is 3. The van der Waals surface area contributed by atoms with Gasteiger partial charge in [-0.1, -0.05) is 0 Å². The van der Waals surface area contributed by atoms with E-state index in [1.807, 2.05) is 0 Å². The molecule has 0 saturated carbocycles. The lowest BCUT2D eigenvalue weighted by Gasteiger charge is -2.16. The SMILES string of the molecule is O=C1CC(S(=O)(=O)F)CN1c1ccc(-n2ccnc2)cc1. The van der Waals surface area contributed by atoms with Gasteiger partial charge >= 0.3 is 10.2 Å². The van der Waals surface area contributed by atoms with Crippen LogP contribution < -0.4 is 4.90 Å². The maximum atomic E-state index is 13.0. The lowest BCUT2D eigenvalue weighted by molar-refractivity contribution is -0.117. The molecule has 0 aliphatic carbocycles. The van der Waals surface area contributed by atoms with Gasteiger partial charge in [-0.2, -0.15) is 8.42 Å². The number of carbonyl (C=O) groups is 1. The maximum Gasteiger partial charge on any atom is 0.307 e. The molecule has 1 saturated heterocycles. The van der Waals surface area contributed by atoms with Gasteiger partial charge in [0.25, 0.3) is 0 Å². The minimum atomic E-state index is -4.69.